The van der Waals surface area contributed by atoms with Gasteiger partial charge >= 0.3 is 5.97 Å². The minimum Gasteiger partial charge on any atom is -0.480 e. The molecule has 1 aromatic carbocycles. The first-order valence-corrected chi connectivity index (χ1v) is 7.59. The predicted molar refractivity (Wildman–Crippen MR) is 83.3 cm³/mol. The lowest BCUT2D eigenvalue weighted by Crippen LogP contribution is -2.52. The highest BCUT2D eigenvalue weighted by molar-refractivity contribution is 9.10. The van der Waals surface area contributed by atoms with Gasteiger partial charge in [0, 0.05) is 30.7 Å². The Morgan fingerprint density at radius 2 is 2.00 bits per heavy atom. The first-order valence-electron chi connectivity index (χ1n) is 6.80. The molecule has 0 spiro atoms. The highest BCUT2D eigenvalue weighted by Crippen LogP contribution is 2.21. The van der Waals surface area contributed by atoms with Gasteiger partial charge in [-0.3, -0.25) is 14.5 Å². The maximum absolute atomic E-state index is 12.1. The van der Waals surface area contributed by atoms with Gasteiger partial charge in [-0.25, -0.2) is 0 Å². The Kier molecular flexibility index (Phi) is 5.72. The minimum atomic E-state index is -0.959. The smallest absolute Gasteiger partial charge is 0.321 e. The summed E-state index contributed by atoms with van der Waals surface area (Å²) in [5.41, 5.74) is 0.645. The van der Waals surface area contributed by atoms with Gasteiger partial charge in [0.2, 0.25) is 5.91 Å². The maximum Gasteiger partial charge on any atom is 0.321 e. The second kappa shape index (κ2) is 7.53. The largest absolute Gasteiger partial charge is 0.480 e. The Bertz CT molecular complexity index is 518. The number of carboxylic acids is 1. The number of amides is 1. The third-order valence-electron chi connectivity index (χ3n) is 3.40. The molecule has 1 aliphatic rings. The number of hydrogen-bond acceptors (Lipinski definition) is 4. The summed E-state index contributed by atoms with van der Waals surface area (Å²) in [7, 11) is 0. The van der Waals surface area contributed by atoms with Gasteiger partial charge in [0.05, 0.1) is 12.1 Å². The van der Waals surface area contributed by atoms with Gasteiger partial charge in [-0.15, -0.1) is 0 Å². The summed E-state index contributed by atoms with van der Waals surface area (Å²) in [5, 5.41) is 15.3. The van der Waals surface area contributed by atoms with Crippen LogP contribution in [0.2, 0.25) is 0 Å². The quantitative estimate of drug-likeness (QED) is 0.737. The molecule has 2 rings (SSSR count). The number of rotatable bonds is 5. The molecule has 114 valence electrons. The summed E-state index contributed by atoms with van der Waals surface area (Å²) in [5.74, 6) is -1.26. The zero-order valence-corrected chi connectivity index (χ0v) is 13.1. The standard InChI is InChI=1S/C14H18BrN3O3/c15-10-3-1-2-4-11(10)17-13(19)9-12(14(20)21)18-7-5-16-6-8-18/h1-4,12,16H,5-9H2,(H,17,19)(H,20,21)/t12-/m1/s1. The number of carbonyl (C=O) groups excluding carboxylic acids is 1. The molecule has 1 saturated heterocycles. The van der Waals surface area contributed by atoms with Crippen LogP contribution in [0.1, 0.15) is 6.42 Å². The van der Waals surface area contributed by atoms with Gasteiger partial charge in [0.1, 0.15) is 6.04 Å². The van der Waals surface area contributed by atoms with Crippen molar-refractivity contribution in [2.24, 2.45) is 0 Å². The molecule has 1 fully saturated rings. The summed E-state index contributed by atoms with van der Waals surface area (Å²) < 4.78 is 0.771. The maximum atomic E-state index is 12.1. The van der Waals surface area contributed by atoms with E-state index in [2.05, 4.69) is 26.6 Å². The van der Waals surface area contributed by atoms with Crippen LogP contribution in [-0.2, 0) is 9.59 Å². The summed E-state index contributed by atoms with van der Waals surface area (Å²) in [4.78, 5) is 25.3. The number of aliphatic carboxylic acids is 1. The fraction of sp³-hybridized carbons (Fsp3) is 0.429. The molecule has 1 aliphatic heterocycles. The van der Waals surface area contributed by atoms with Crippen LogP contribution in [0.15, 0.2) is 28.7 Å². The second-order valence-electron chi connectivity index (χ2n) is 4.87. The van der Waals surface area contributed by atoms with Crippen LogP contribution in [0.4, 0.5) is 5.69 Å². The summed E-state index contributed by atoms with van der Waals surface area (Å²) in [6, 6.07) is 6.46. The van der Waals surface area contributed by atoms with Crippen molar-refractivity contribution in [3.63, 3.8) is 0 Å². The van der Waals surface area contributed by atoms with Crippen LogP contribution in [0.5, 0.6) is 0 Å². The lowest BCUT2D eigenvalue weighted by atomic mass is 10.1. The monoisotopic (exact) mass is 355 g/mol. The Morgan fingerprint density at radius 1 is 1.33 bits per heavy atom. The number of carboxylic acid groups (broad SMARTS) is 1. The molecule has 0 aliphatic carbocycles. The number of halogens is 1. The number of piperazine rings is 1. The first-order chi connectivity index (χ1) is 10.1. The van der Waals surface area contributed by atoms with Crippen LogP contribution in [0.25, 0.3) is 0 Å². The van der Waals surface area contributed by atoms with E-state index in [-0.39, 0.29) is 12.3 Å². The van der Waals surface area contributed by atoms with Crippen LogP contribution in [-0.4, -0.2) is 54.1 Å². The third-order valence-corrected chi connectivity index (χ3v) is 4.10. The van der Waals surface area contributed by atoms with Crippen molar-refractivity contribution < 1.29 is 14.7 Å². The van der Waals surface area contributed by atoms with Crippen molar-refractivity contribution in [1.82, 2.24) is 10.2 Å². The summed E-state index contributed by atoms with van der Waals surface area (Å²) in [6.45, 7) is 2.77. The van der Waals surface area contributed by atoms with Gasteiger partial charge in [0.15, 0.2) is 0 Å². The zero-order chi connectivity index (χ0) is 15.2. The first kappa shape index (κ1) is 15.9. The van der Waals surface area contributed by atoms with Crippen molar-refractivity contribution in [2.75, 3.05) is 31.5 Å². The SMILES string of the molecule is O=C(C[C@H](C(=O)O)N1CCNCC1)Nc1ccccc1Br. The molecule has 0 unspecified atom stereocenters. The van der Waals surface area contributed by atoms with E-state index in [4.69, 9.17) is 0 Å². The van der Waals surface area contributed by atoms with Gasteiger partial charge in [-0.2, -0.15) is 0 Å². The van der Waals surface area contributed by atoms with Gasteiger partial charge in [0.25, 0.3) is 0 Å². The van der Waals surface area contributed by atoms with Crippen molar-refractivity contribution in [2.45, 2.75) is 12.5 Å². The van der Waals surface area contributed by atoms with Crippen molar-refractivity contribution in [3.8, 4) is 0 Å². The lowest BCUT2D eigenvalue weighted by molar-refractivity contribution is -0.145. The molecule has 1 heterocycles. The second-order valence-corrected chi connectivity index (χ2v) is 5.73. The van der Waals surface area contributed by atoms with Crippen molar-refractivity contribution in [3.05, 3.63) is 28.7 Å². The number of benzene rings is 1. The number of hydrogen-bond donors (Lipinski definition) is 3. The van der Waals surface area contributed by atoms with Crippen LogP contribution >= 0.6 is 15.9 Å². The highest BCUT2D eigenvalue weighted by Gasteiger charge is 2.29. The van der Waals surface area contributed by atoms with E-state index < -0.39 is 12.0 Å². The van der Waals surface area contributed by atoms with Gasteiger partial charge in [-0.1, -0.05) is 12.1 Å². The van der Waals surface area contributed by atoms with E-state index in [0.717, 1.165) is 17.6 Å². The fourth-order valence-corrected chi connectivity index (χ4v) is 2.69. The molecule has 21 heavy (non-hydrogen) atoms. The average Bonchev–Trinajstić information content (AvgIpc) is 2.48. The molecule has 1 amide bonds. The van der Waals surface area contributed by atoms with E-state index in [0.29, 0.717) is 18.8 Å². The predicted octanol–water partition coefficient (Wildman–Crippen LogP) is 1.14. The van der Waals surface area contributed by atoms with E-state index in [9.17, 15) is 14.7 Å². The number of nitrogens with zero attached hydrogens (tertiary/aromatic N) is 1. The molecule has 0 aromatic heterocycles. The van der Waals surface area contributed by atoms with E-state index in [1.54, 1.807) is 6.07 Å². The molecule has 0 radical (unpaired) electrons. The molecule has 1 atom stereocenters. The highest BCUT2D eigenvalue weighted by atomic mass is 79.9. The molecule has 1 aromatic rings. The number of para-hydroxylation sites is 1. The number of carbonyl (C=O) groups is 2. The van der Waals surface area contributed by atoms with Crippen molar-refractivity contribution >= 4 is 33.5 Å². The Balaban J connectivity index is 1.98. The normalized spacial score (nSPS) is 17.2. The molecule has 6 nitrogen and oxygen atoms in total. The Morgan fingerprint density at radius 3 is 2.62 bits per heavy atom. The van der Waals surface area contributed by atoms with Crippen LogP contribution in [0, 0.1) is 0 Å². The molecule has 7 heteroatoms. The van der Waals surface area contributed by atoms with Crippen LogP contribution in [0.3, 0.4) is 0 Å². The topological polar surface area (TPSA) is 81.7 Å². The Labute approximate surface area is 131 Å². The lowest BCUT2D eigenvalue weighted by Gasteiger charge is -2.32. The van der Waals surface area contributed by atoms with E-state index >= 15 is 0 Å². The number of nitrogens with one attached hydrogen (secondary N) is 2. The van der Waals surface area contributed by atoms with Crippen molar-refractivity contribution in [1.29, 1.82) is 0 Å². The molecule has 0 bridgehead atoms. The summed E-state index contributed by atoms with van der Waals surface area (Å²) in [6.07, 6.45) is -0.0589. The molecule has 0 saturated carbocycles. The van der Waals surface area contributed by atoms with E-state index in [1.165, 1.54) is 0 Å². The minimum absolute atomic E-state index is 0.0589. The number of anilines is 1. The third kappa shape index (κ3) is 4.52. The Hall–Kier alpha value is -1.44. The zero-order valence-electron chi connectivity index (χ0n) is 11.5. The van der Waals surface area contributed by atoms with Crippen LogP contribution < -0.4 is 10.6 Å². The van der Waals surface area contributed by atoms with Gasteiger partial charge < -0.3 is 15.7 Å². The average molecular weight is 356 g/mol. The molecule has 3 N–H and O–H groups in total. The van der Waals surface area contributed by atoms with E-state index in [1.807, 2.05) is 23.1 Å². The molecular formula is C14H18BrN3O3. The fourth-order valence-electron chi connectivity index (χ4n) is 2.31. The van der Waals surface area contributed by atoms with Gasteiger partial charge in [-0.05, 0) is 28.1 Å². The molecular weight excluding hydrogens is 338 g/mol. The summed E-state index contributed by atoms with van der Waals surface area (Å²) >= 11 is 3.35.